The zero-order chi connectivity index (χ0) is 12.5. The molecule has 1 aromatic carbocycles. The highest BCUT2D eigenvalue weighted by molar-refractivity contribution is 5.98. The highest BCUT2D eigenvalue weighted by Gasteiger charge is 2.28. The summed E-state index contributed by atoms with van der Waals surface area (Å²) in [5.41, 5.74) is 6.40. The molecular formula is C13H16N2O3. The van der Waals surface area contributed by atoms with Gasteiger partial charge in [0.15, 0.2) is 11.5 Å². The van der Waals surface area contributed by atoms with Crippen LogP contribution in [0.4, 0.5) is 0 Å². The standard InChI is InChI=1S/C13H16N2O3/c14-9-4-5-15(8-9)13(16)10-2-1-3-11-12(10)18-7-6-17-11/h1-3,9H,4-8,14H2. The van der Waals surface area contributed by atoms with Crippen LogP contribution >= 0.6 is 0 Å². The first-order valence-corrected chi connectivity index (χ1v) is 6.19. The maximum Gasteiger partial charge on any atom is 0.257 e. The van der Waals surface area contributed by atoms with Crippen molar-refractivity contribution >= 4 is 5.91 Å². The normalized spacial score (nSPS) is 22.1. The number of benzene rings is 1. The van der Waals surface area contributed by atoms with E-state index in [-0.39, 0.29) is 11.9 Å². The fourth-order valence-corrected chi connectivity index (χ4v) is 2.38. The number of carbonyl (C=O) groups excluding carboxylic acids is 1. The number of nitrogens with zero attached hydrogens (tertiary/aromatic N) is 1. The Morgan fingerprint density at radius 1 is 1.33 bits per heavy atom. The summed E-state index contributed by atoms with van der Waals surface area (Å²) in [6, 6.07) is 5.50. The summed E-state index contributed by atoms with van der Waals surface area (Å²) < 4.78 is 11.0. The van der Waals surface area contributed by atoms with E-state index in [1.165, 1.54) is 0 Å². The van der Waals surface area contributed by atoms with Gasteiger partial charge in [0, 0.05) is 19.1 Å². The number of amides is 1. The largest absolute Gasteiger partial charge is 0.486 e. The predicted molar refractivity (Wildman–Crippen MR) is 65.9 cm³/mol. The molecule has 0 aromatic heterocycles. The van der Waals surface area contributed by atoms with Crippen molar-refractivity contribution < 1.29 is 14.3 Å². The molecule has 1 fully saturated rings. The summed E-state index contributed by atoms with van der Waals surface area (Å²) in [5, 5.41) is 0. The van der Waals surface area contributed by atoms with E-state index in [0.717, 1.165) is 6.42 Å². The van der Waals surface area contributed by atoms with Crippen LogP contribution in [0.1, 0.15) is 16.8 Å². The number of fused-ring (bicyclic) bond motifs is 1. The third-order valence-corrected chi connectivity index (χ3v) is 3.31. The average Bonchev–Trinajstić information content (AvgIpc) is 2.84. The molecule has 5 nitrogen and oxygen atoms in total. The predicted octanol–water partition coefficient (Wildman–Crippen LogP) is 0.631. The number of hydrogen-bond acceptors (Lipinski definition) is 4. The third kappa shape index (κ3) is 1.90. The topological polar surface area (TPSA) is 64.8 Å². The van der Waals surface area contributed by atoms with Crippen LogP contribution in [0.25, 0.3) is 0 Å². The highest BCUT2D eigenvalue weighted by Crippen LogP contribution is 2.34. The van der Waals surface area contributed by atoms with Gasteiger partial charge in [-0.15, -0.1) is 0 Å². The average molecular weight is 248 g/mol. The van der Waals surface area contributed by atoms with Crippen molar-refractivity contribution in [3.05, 3.63) is 23.8 Å². The molecule has 5 heteroatoms. The molecule has 96 valence electrons. The molecule has 0 bridgehead atoms. The Kier molecular flexibility index (Phi) is 2.83. The molecule has 0 aliphatic carbocycles. The fraction of sp³-hybridized carbons (Fsp3) is 0.462. The lowest BCUT2D eigenvalue weighted by Crippen LogP contribution is -2.32. The molecule has 1 unspecified atom stereocenters. The second-order valence-corrected chi connectivity index (χ2v) is 4.63. The monoisotopic (exact) mass is 248 g/mol. The van der Waals surface area contributed by atoms with Crippen molar-refractivity contribution in [1.82, 2.24) is 4.90 Å². The van der Waals surface area contributed by atoms with E-state index in [0.29, 0.717) is 43.4 Å². The molecule has 1 atom stereocenters. The summed E-state index contributed by atoms with van der Waals surface area (Å²) in [6.07, 6.45) is 0.859. The Balaban J connectivity index is 1.90. The van der Waals surface area contributed by atoms with E-state index in [1.807, 2.05) is 12.1 Å². The molecule has 1 amide bonds. The van der Waals surface area contributed by atoms with Gasteiger partial charge in [0.2, 0.25) is 0 Å². The molecule has 2 heterocycles. The van der Waals surface area contributed by atoms with E-state index >= 15 is 0 Å². The van der Waals surface area contributed by atoms with Crippen molar-refractivity contribution in [2.45, 2.75) is 12.5 Å². The number of para-hydroxylation sites is 1. The summed E-state index contributed by atoms with van der Waals surface area (Å²) in [5.74, 6) is 1.19. The van der Waals surface area contributed by atoms with Crippen LogP contribution < -0.4 is 15.2 Å². The first-order chi connectivity index (χ1) is 8.75. The van der Waals surface area contributed by atoms with Gasteiger partial charge in [-0.25, -0.2) is 0 Å². The van der Waals surface area contributed by atoms with E-state index < -0.39 is 0 Å². The Morgan fingerprint density at radius 2 is 2.17 bits per heavy atom. The number of nitrogens with two attached hydrogens (primary N) is 1. The number of rotatable bonds is 1. The summed E-state index contributed by atoms with van der Waals surface area (Å²) >= 11 is 0. The Bertz CT molecular complexity index is 475. The fourth-order valence-electron chi connectivity index (χ4n) is 2.38. The SMILES string of the molecule is NC1CCN(C(=O)c2cccc3c2OCCO3)C1. The zero-order valence-corrected chi connectivity index (χ0v) is 10.1. The van der Waals surface area contributed by atoms with Gasteiger partial charge >= 0.3 is 0 Å². The van der Waals surface area contributed by atoms with Gasteiger partial charge in [-0.2, -0.15) is 0 Å². The lowest BCUT2D eigenvalue weighted by atomic mass is 10.1. The Labute approximate surface area is 105 Å². The molecule has 0 saturated carbocycles. The zero-order valence-electron chi connectivity index (χ0n) is 10.1. The maximum absolute atomic E-state index is 12.4. The van der Waals surface area contributed by atoms with Crippen molar-refractivity contribution in [1.29, 1.82) is 0 Å². The third-order valence-electron chi connectivity index (χ3n) is 3.31. The number of likely N-dealkylation sites (tertiary alicyclic amines) is 1. The molecule has 2 N–H and O–H groups in total. The van der Waals surface area contributed by atoms with Gasteiger partial charge in [-0.05, 0) is 18.6 Å². The van der Waals surface area contributed by atoms with E-state index in [1.54, 1.807) is 11.0 Å². The number of hydrogen-bond donors (Lipinski definition) is 1. The van der Waals surface area contributed by atoms with Crippen LogP contribution in [-0.4, -0.2) is 43.2 Å². The van der Waals surface area contributed by atoms with Gasteiger partial charge in [0.1, 0.15) is 13.2 Å². The minimum Gasteiger partial charge on any atom is -0.486 e. The molecule has 1 aromatic rings. The number of carbonyl (C=O) groups is 1. The second kappa shape index (κ2) is 4.49. The van der Waals surface area contributed by atoms with Crippen LogP contribution in [0.5, 0.6) is 11.5 Å². The van der Waals surface area contributed by atoms with E-state index in [2.05, 4.69) is 0 Å². The first kappa shape index (κ1) is 11.3. The Hall–Kier alpha value is -1.75. The van der Waals surface area contributed by atoms with Gasteiger partial charge < -0.3 is 20.1 Å². The molecule has 18 heavy (non-hydrogen) atoms. The quantitative estimate of drug-likeness (QED) is 0.791. The first-order valence-electron chi connectivity index (χ1n) is 6.19. The van der Waals surface area contributed by atoms with Crippen molar-refractivity contribution in [3.63, 3.8) is 0 Å². The summed E-state index contributed by atoms with van der Waals surface area (Å²) in [4.78, 5) is 14.2. The van der Waals surface area contributed by atoms with Crippen molar-refractivity contribution in [3.8, 4) is 11.5 Å². The van der Waals surface area contributed by atoms with E-state index in [9.17, 15) is 4.79 Å². The minimum atomic E-state index is -0.0229. The molecule has 0 radical (unpaired) electrons. The molecule has 0 spiro atoms. The van der Waals surface area contributed by atoms with Crippen molar-refractivity contribution in [2.75, 3.05) is 26.3 Å². The van der Waals surface area contributed by atoms with Gasteiger partial charge in [-0.1, -0.05) is 6.07 Å². The van der Waals surface area contributed by atoms with Crippen molar-refractivity contribution in [2.24, 2.45) is 5.73 Å². The molecule has 3 rings (SSSR count). The molecular weight excluding hydrogens is 232 g/mol. The Morgan fingerprint density at radius 3 is 2.94 bits per heavy atom. The lowest BCUT2D eigenvalue weighted by Gasteiger charge is -2.23. The van der Waals surface area contributed by atoms with Gasteiger partial charge in [0.25, 0.3) is 5.91 Å². The van der Waals surface area contributed by atoms with Crippen LogP contribution in [0, 0.1) is 0 Å². The van der Waals surface area contributed by atoms with E-state index in [4.69, 9.17) is 15.2 Å². The summed E-state index contributed by atoms with van der Waals surface area (Å²) in [7, 11) is 0. The van der Waals surface area contributed by atoms with Gasteiger partial charge in [0.05, 0.1) is 5.56 Å². The van der Waals surface area contributed by atoms with Crippen LogP contribution in [0.15, 0.2) is 18.2 Å². The molecule has 2 aliphatic heterocycles. The maximum atomic E-state index is 12.4. The lowest BCUT2D eigenvalue weighted by molar-refractivity contribution is 0.0780. The molecule has 1 saturated heterocycles. The summed E-state index contributed by atoms with van der Waals surface area (Å²) in [6.45, 7) is 2.34. The number of ether oxygens (including phenoxy) is 2. The minimum absolute atomic E-state index is 0.0229. The van der Waals surface area contributed by atoms with Crippen LogP contribution in [-0.2, 0) is 0 Å². The van der Waals surface area contributed by atoms with Crippen LogP contribution in [0.2, 0.25) is 0 Å². The van der Waals surface area contributed by atoms with Crippen LogP contribution in [0.3, 0.4) is 0 Å². The smallest absolute Gasteiger partial charge is 0.257 e. The molecule has 2 aliphatic rings. The van der Waals surface area contributed by atoms with Gasteiger partial charge in [-0.3, -0.25) is 4.79 Å². The second-order valence-electron chi connectivity index (χ2n) is 4.63. The highest BCUT2D eigenvalue weighted by atomic mass is 16.6.